The van der Waals surface area contributed by atoms with Gasteiger partial charge in [-0.25, -0.2) is 0 Å². The molecule has 18 heavy (non-hydrogen) atoms. The van der Waals surface area contributed by atoms with Crippen LogP contribution in [0.15, 0.2) is 0 Å². The molecule has 1 saturated heterocycles. The number of hydrogen-bond acceptors (Lipinski definition) is 3. The summed E-state index contributed by atoms with van der Waals surface area (Å²) in [5, 5.41) is 3.50. The molecule has 1 unspecified atom stereocenters. The third-order valence-corrected chi connectivity index (χ3v) is 3.77. The summed E-state index contributed by atoms with van der Waals surface area (Å²) in [5.41, 5.74) is 0. The number of methoxy groups -OCH3 is 1. The molecule has 0 radical (unpaired) electrons. The van der Waals surface area contributed by atoms with Crippen LogP contribution in [0.2, 0.25) is 0 Å². The van der Waals surface area contributed by atoms with Crippen molar-refractivity contribution in [2.24, 2.45) is 11.8 Å². The Balaban J connectivity index is 2.08. The van der Waals surface area contributed by atoms with Gasteiger partial charge in [0.15, 0.2) is 0 Å². The maximum Gasteiger partial charge on any atom is 0.0587 e. The summed E-state index contributed by atoms with van der Waals surface area (Å²) in [6.45, 7) is 11.5. The van der Waals surface area contributed by atoms with Gasteiger partial charge in [0, 0.05) is 20.2 Å². The third-order valence-electron chi connectivity index (χ3n) is 3.77. The first kappa shape index (κ1) is 15.9. The van der Waals surface area contributed by atoms with Crippen LogP contribution in [-0.4, -0.2) is 51.3 Å². The minimum absolute atomic E-state index is 0.824. The number of hydrogen-bond donors (Lipinski definition) is 1. The molecule has 3 nitrogen and oxygen atoms in total. The summed E-state index contributed by atoms with van der Waals surface area (Å²) < 4.78 is 5.05. The molecule has 1 atom stereocenters. The molecule has 0 aromatic carbocycles. The van der Waals surface area contributed by atoms with Crippen LogP contribution >= 0.6 is 0 Å². The summed E-state index contributed by atoms with van der Waals surface area (Å²) in [6.07, 6.45) is 5.49. The smallest absolute Gasteiger partial charge is 0.0587 e. The van der Waals surface area contributed by atoms with E-state index in [9.17, 15) is 0 Å². The zero-order valence-electron chi connectivity index (χ0n) is 12.6. The molecule has 0 aliphatic carbocycles. The van der Waals surface area contributed by atoms with Crippen molar-refractivity contribution in [2.45, 2.75) is 39.5 Å². The number of nitrogens with one attached hydrogen (secondary N) is 1. The lowest BCUT2D eigenvalue weighted by atomic mass is 9.97. The van der Waals surface area contributed by atoms with Crippen LogP contribution in [0.25, 0.3) is 0 Å². The van der Waals surface area contributed by atoms with Crippen molar-refractivity contribution in [1.82, 2.24) is 10.2 Å². The fourth-order valence-electron chi connectivity index (χ4n) is 2.72. The lowest BCUT2D eigenvalue weighted by Gasteiger charge is -2.33. The van der Waals surface area contributed by atoms with E-state index in [0.717, 1.165) is 31.5 Å². The maximum atomic E-state index is 5.05. The molecule has 0 bridgehead atoms. The van der Waals surface area contributed by atoms with Crippen molar-refractivity contribution < 1.29 is 4.74 Å². The van der Waals surface area contributed by atoms with Gasteiger partial charge in [-0.2, -0.15) is 0 Å². The molecule has 1 aliphatic rings. The van der Waals surface area contributed by atoms with Crippen LogP contribution in [0.5, 0.6) is 0 Å². The predicted octanol–water partition coefficient (Wildman–Crippen LogP) is 2.37. The summed E-state index contributed by atoms with van der Waals surface area (Å²) in [4.78, 5) is 2.66. The highest BCUT2D eigenvalue weighted by molar-refractivity contribution is 4.74. The lowest BCUT2D eigenvalue weighted by molar-refractivity contribution is 0.161. The van der Waals surface area contributed by atoms with Crippen LogP contribution in [0.3, 0.4) is 0 Å². The summed E-state index contributed by atoms with van der Waals surface area (Å²) in [6, 6.07) is 0. The second-order valence-electron chi connectivity index (χ2n) is 6.04. The van der Waals surface area contributed by atoms with E-state index in [2.05, 4.69) is 24.1 Å². The Morgan fingerprint density at radius 1 is 1.39 bits per heavy atom. The van der Waals surface area contributed by atoms with Crippen LogP contribution in [0.1, 0.15) is 39.5 Å². The van der Waals surface area contributed by atoms with Gasteiger partial charge in [-0.05, 0) is 57.2 Å². The first-order valence-corrected chi connectivity index (χ1v) is 7.64. The number of ether oxygens (including phenoxy) is 1. The van der Waals surface area contributed by atoms with Crippen LogP contribution < -0.4 is 5.32 Å². The lowest BCUT2D eigenvalue weighted by Crippen LogP contribution is -2.40. The molecule has 0 aromatic rings. The summed E-state index contributed by atoms with van der Waals surface area (Å²) in [5.74, 6) is 1.69. The molecular formula is C15H32N2O. The van der Waals surface area contributed by atoms with Crippen LogP contribution in [0, 0.1) is 11.8 Å². The van der Waals surface area contributed by atoms with E-state index in [1.807, 2.05) is 0 Å². The zero-order chi connectivity index (χ0) is 13.2. The Hall–Kier alpha value is -0.120. The molecule has 0 saturated carbocycles. The van der Waals surface area contributed by atoms with Gasteiger partial charge in [0.1, 0.15) is 0 Å². The molecular weight excluding hydrogens is 224 g/mol. The average Bonchev–Trinajstić information content (AvgIpc) is 2.35. The van der Waals surface area contributed by atoms with Gasteiger partial charge in [-0.15, -0.1) is 0 Å². The Kier molecular flexibility index (Phi) is 8.64. The second kappa shape index (κ2) is 9.76. The molecule has 1 aliphatic heterocycles. The molecule has 0 aromatic heterocycles. The van der Waals surface area contributed by atoms with E-state index < -0.39 is 0 Å². The third kappa shape index (κ3) is 7.34. The van der Waals surface area contributed by atoms with Gasteiger partial charge in [-0.3, -0.25) is 0 Å². The quantitative estimate of drug-likeness (QED) is 0.641. The topological polar surface area (TPSA) is 24.5 Å². The van der Waals surface area contributed by atoms with E-state index in [-0.39, 0.29) is 0 Å². The highest BCUT2D eigenvalue weighted by atomic mass is 16.5. The number of likely N-dealkylation sites (tertiary alicyclic amines) is 1. The number of piperidine rings is 1. The van der Waals surface area contributed by atoms with Gasteiger partial charge < -0.3 is 15.0 Å². The standard InChI is InChI=1S/C15H32N2O/c1-14(2)6-4-9-17-10-5-7-15(13-17)12-16-8-11-18-3/h14-16H,4-13H2,1-3H3. The minimum Gasteiger partial charge on any atom is -0.383 e. The number of nitrogens with zero attached hydrogens (tertiary/aromatic N) is 1. The van der Waals surface area contributed by atoms with E-state index in [0.29, 0.717) is 0 Å². The van der Waals surface area contributed by atoms with Gasteiger partial charge in [-0.1, -0.05) is 13.8 Å². The van der Waals surface area contributed by atoms with Crippen LogP contribution in [0.4, 0.5) is 0 Å². The summed E-state index contributed by atoms with van der Waals surface area (Å²) >= 11 is 0. The van der Waals surface area contributed by atoms with Crippen molar-refractivity contribution >= 4 is 0 Å². The highest BCUT2D eigenvalue weighted by Gasteiger charge is 2.18. The maximum absolute atomic E-state index is 5.05. The van der Waals surface area contributed by atoms with Gasteiger partial charge in [0.25, 0.3) is 0 Å². The monoisotopic (exact) mass is 256 g/mol. The summed E-state index contributed by atoms with van der Waals surface area (Å²) in [7, 11) is 1.76. The predicted molar refractivity (Wildman–Crippen MR) is 78.0 cm³/mol. The zero-order valence-corrected chi connectivity index (χ0v) is 12.6. The van der Waals surface area contributed by atoms with Gasteiger partial charge in [0.2, 0.25) is 0 Å². The average molecular weight is 256 g/mol. The van der Waals surface area contributed by atoms with E-state index in [4.69, 9.17) is 4.74 Å². The SMILES string of the molecule is COCCNCC1CCCN(CCCC(C)C)C1. The van der Waals surface area contributed by atoms with Crippen LogP contribution in [-0.2, 0) is 4.74 Å². The molecule has 1 fully saturated rings. The number of rotatable bonds is 9. The Morgan fingerprint density at radius 2 is 2.22 bits per heavy atom. The highest BCUT2D eigenvalue weighted by Crippen LogP contribution is 2.16. The normalized spacial score (nSPS) is 21.7. The van der Waals surface area contributed by atoms with Crippen molar-refractivity contribution in [1.29, 1.82) is 0 Å². The largest absolute Gasteiger partial charge is 0.383 e. The van der Waals surface area contributed by atoms with E-state index in [1.165, 1.54) is 45.3 Å². The second-order valence-corrected chi connectivity index (χ2v) is 6.04. The Labute approximate surface area is 113 Å². The van der Waals surface area contributed by atoms with Crippen molar-refractivity contribution in [2.75, 3.05) is 46.4 Å². The minimum atomic E-state index is 0.824. The van der Waals surface area contributed by atoms with Gasteiger partial charge >= 0.3 is 0 Å². The van der Waals surface area contributed by atoms with E-state index >= 15 is 0 Å². The molecule has 1 N–H and O–H groups in total. The van der Waals surface area contributed by atoms with Crippen molar-refractivity contribution in [3.8, 4) is 0 Å². The molecule has 0 amide bonds. The van der Waals surface area contributed by atoms with Gasteiger partial charge in [0.05, 0.1) is 6.61 Å². The first-order valence-electron chi connectivity index (χ1n) is 7.64. The fourth-order valence-corrected chi connectivity index (χ4v) is 2.72. The molecule has 108 valence electrons. The van der Waals surface area contributed by atoms with Crippen molar-refractivity contribution in [3.05, 3.63) is 0 Å². The molecule has 1 heterocycles. The van der Waals surface area contributed by atoms with E-state index in [1.54, 1.807) is 7.11 Å². The fraction of sp³-hybridized carbons (Fsp3) is 1.00. The molecule has 0 spiro atoms. The van der Waals surface area contributed by atoms with Crippen molar-refractivity contribution in [3.63, 3.8) is 0 Å². The Morgan fingerprint density at radius 3 is 2.94 bits per heavy atom. The first-order chi connectivity index (χ1) is 8.72. The Bertz CT molecular complexity index is 197. The molecule has 1 rings (SSSR count). The molecule has 3 heteroatoms.